The fourth-order valence-corrected chi connectivity index (χ4v) is 2.00. The number of nitro groups is 1. The second kappa shape index (κ2) is 6.36. The Hall–Kier alpha value is -3.43. The second-order valence-electron chi connectivity index (χ2n) is 4.74. The fraction of sp³-hybridized carbons (Fsp3) is 0.214. The normalized spacial score (nSPS) is 16.3. The third-order valence-corrected chi connectivity index (χ3v) is 3.17. The lowest BCUT2D eigenvalue weighted by atomic mass is 10.1. The van der Waals surface area contributed by atoms with E-state index in [-0.39, 0.29) is 17.9 Å². The third-order valence-electron chi connectivity index (χ3n) is 3.17. The number of carbonyl (C=O) groups is 3. The number of urea groups is 1. The van der Waals surface area contributed by atoms with Gasteiger partial charge >= 0.3 is 6.03 Å². The zero-order chi connectivity index (χ0) is 18.0. The third kappa shape index (κ3) is 3.02. The van der Waals surface area contributed by atoms with Crippen molar-refractivity contribution >= 4 is 29.6 Å². The summed E-state index contributed by atoms with van der Waals surface area (Å²) in [4.78, 5) is 45.9. The Morgan fingerprint density at radius 1 is 1.33 bits per heavy atom. The SMILES string of the molecule is CCOc1cc(/C=C2/C(=O)NC(=O)N(C)C2=O)cc([N+](=O)[O-])c1[O-]. The van der Waals surface area contributed by atoms with Gasteiger partial charge in [-0.25, -0.2) is 4.79 Å². The monoisotopic (exact) mass is 334 g/mol. The Morgan fingerprint density at radius 2 is 2.00 bits per heavy atom. The van der Waals surface area contributed by atoms with Crippen molar-refractivity contribution in [3.63, 3.8) is 0 Å². The van der Waals surface area contributed by atoms with Crippen molar-refractivity contribution < 1.29 is 29.2 Å². The molecule has 4 amide bonds. The number of hydrogen-bond acceptors (Lipinski definition) is 7. The molecule has 1 N–H and O–H groups in total. The van der Waals surface area contributed by atoms with E-state index >= 15 is 0 Å². The minimum absolute atomic E-state index is 0.0472. The minimum atomic E-state index is -0.935. The lowest BCUT2D eigenvalue weighted by molar-refractivity contribution is -0.398. The van der Waals surface area contributed by atoms with Crippen molar-refractivity contribution in [2.24, 2.45) is 0 Å². The summed E-state index contributed by atoms with van der Waals surface area (Å²) >= 11 is 0. The zero-order valence-corrected chi connectivity index (χ0v) is 12.7. The lowest BCUT2D eigenvalue weighted by Crippen LogP contribution is -2.52. The number of carbonyl (C=O) groups excluding carboxylic acids is 3. The minimum Gasteiger partial charge on any atom is -0.865 e. The molecule has 1 saturated heterocycles. The van der Waals surface area contributed by atoms with Crippen LogP contribution in [-0.2, 0) is 9.59 Å². The Labute approximate surface area is 135 Å². The van der Waals surface area contributed by atoms with Gasteiger partial charge in [-0.05, 0) is 24.6 Å². The number of nitrogens with one attached hydrogen (secondary N) is 1. The van der Waals surface area contributed by atoms with Crippen molar-refractivity contribution in [1.29, 1.82) is 0 Å². The molecule has 1 aliphatic rings. The Balaban J connectivity index is 2.55. The molecule has 0 aliphatic carbocycles. The topological polar surface area (TPSA) is 142 Å². The number of nitro benzene ring substituents is 1. The summed E-state index contributed by atoms with van der Waals surface area (Å²) in [5, 5.41) is 24.8. The number of benzene rings is 1. The molecular formula is C14H12N3O7-. The molecule has 1 aromatic carbocycles. The van der Waals surface area contributed by atoms with Gasteiger partial charge in [0.15, 0.2) is 0 Å². The first-order valence-corrected chi connectivity index (χ1v) is 6.73. The van der Waals surface area contributed by atoms with E-state index in [1.807, 2.05) is 5.32 Å². The van der Waals surface area contributed by atoms with Crippen LogP contribution < -0.4 is 15.2 Å². The number of amides is 4. The summed E-state index contributed by atoms with van der Waals surface area (Å²) in [6, 6.07) is 1.23. The summed E-state index contributed by atoms with van der Waals surface area (Å²) in [6.07, 6.45) is 1.05. The summed E-state index contributed by atoms with van der Waals surface area (Å²) in [6.45, 7) is 1.69. The van der Waals surface area contributed by atoms with Gasteiger partial charge in [0.05, 0.1) is 11.5 Å². The van der Waals surface area contributed by atoms with Crippen molar-refractivity contribution in [3.8, 4) is 11.5 Å². The molecule has 0 saturated carbocycles. The molecule has 10 heteroatoms. The van der Waals surface area contributed by atoms with Crippen LogP contribution in [0.15, 0.2) is 17.7 Å². The second-order valence-corrected chi connectivity index (χ2v) is 4.74. The maximum Gasteiger partial charge on any atom is 0.331 e. The van der Waals surface area contributed by atoms with Gasteiger partial charge in [0.1, 0.15) is 11.3 Å². The molecule has 0 spiro atoms. The molecule has 0 aromatic heterocycles. The predicted octanol–water partition coefficient (Wildman–Crippen LogP) is 0.159. The lowest BCUT2D eigenvalue weighted by Gasteiger charge is -2.22. The van der Waals surface area contributed by atoms with Crippen molar-refractivity contribution in [2.75, 3.05) is 13.7 Å². The number of rotatable bonds is 4. The molecule has 0 atom stereocenters. The number of barbiturate groups is 1. The molecule has 0 unspecified atom stereocenters. The highest BCUT2D eigenvalue weighted by Crippen LogP contribution is 2.35. The summed E-state index contributed by atoms with van der Waals surface area (Å²) in [5.74, 6) is -2.98. The zero-order valence-electron chi connectivity index (χ0n) is 12.7. The van der Waals surface area contributed by atoms with Crippen LogP contribution in [0, 0.1) is 10.1 Å². The van der Waals surface area contributed by atoms with Crippen molar-refractivity contribution in [1.82, 2.24) is 10.2 Å². The van der Waals surface area contributed by atoms with Crippen LogP contribution in [0.3, 0.4) is 0 Å². The maximum absolute atomic E-state index is 12.0. The number of likely N-dealkylation sites (N-methyl/N-ethyl adjacent to an activating group) is 1. The highest BCUT2D eigenvalue weighted by Gasteiger charge is 2.33. The van der Waals surface area contributed by atoms with Crippen LogP contribution in [0.25, 0.3) is 6.08 Å². The molecule has 0 bridgehead atoms. The molecule has 1 aromatic rings. The van der Waals surface area contributed by atoms with Crippen molar-refractivity contribution in [2.45, 2.75) is 6.92 Å². The van der Waals surface area contributed by atoms with Crippen LogP contribution >= 0.6 is 0 Å². The van der Waals surface area contributed by atoms with Crippen LogP contribution in [0.1, 0.15) is 12.5 Å². The quantitative estimate of drug-likeness (QED) is 0.357. The highest BCUT2D eigenvalue weighted by molar-refractivity contribution is 6.30. The van der Waals surface area contributed by atoms with Crippen LogP contribution in [0.4, 0.5) is 10.5 Å². The van der Waals surface area contributed by atoms with E-state index < -0.39 is 39.8 Å². The molecule has 1 fully saturated rings. The van der Waals surface area contributed by atoms with Gasteiger partial charge in [0.2, 0.25) is 0 Å². The molecule has 1 heterocycles. The summed E-state index contributed by atoms with van der Waals surface area (Å²) < 4.78 is 5.05. The average molecular weight is 334 g/mol. The van der Waals surface area contributed by atoms with Gasteiger partial charge in [-0.15, -0.1) is 0 Å². The molecule has 2 rings (SSSR count). The molecule has 1 aliphatic heterocycles. The summed E-state index contributed by atoms with van der Waals surface area (Å²) in [7, 11) is 1.17. The fourth-order valence-electron chi connectivity index (χ4n) is 2.00. The maximum atomic E-state index is 12.0. The van der Waals surface area contributed by atoms with E-state index in [2.05, 4.69) is 0 Å². The predicted molar refractivity (Wildman–Crippen MR) is 78.0 cm³/mol. The number of hydrogen-bond donors (Lipinski definition) is 1. The Bertz CT molecular complexity index is 785. The van der Waals surface area contributed by atoms with Gasteiger partial charge in [-0.3, -0.25) is 29.9 Å². The van der Waals surface area contributed by atoms with E-state index in [0.29, 0.717) is 4.90 Å². The first-order chi connectivity index (χ1) is 11.3. The smallest absolute Gasteiger partial charge is 0.331 e. The Morgan fingerprint density at radius 3 is 2.58 bits per heavy atom. The molecule has 10 nitrogen and oxygen atoms in total. The first kappa shape index (κ1) is 16.9. The van der Waals surface area contributed by atoms with Gasteiger partial charge in [-0.1, -0.05) is 0 Å². The van der Waals surface area contributed by atoms with Gasteiger partial charge in [0, 0.05) is 18.9 Å². The highest BCUT2D eigenvalue weighted by atomic mass is 16.6. The molecule has 24 heavy (non-hydrogen) atoms. The molecule has 126 valence electrons. The van der Waals surface area contributed by atoms with E-state index in [1.54, 1.807) is 6.92 Å². The Kier molecular flexibility index (Phi) is 4.49. The summed E-state index contributed by atoms with van der Waals surface area (Å²) in [5.41, 5.74) is -1.10. The average Bonchev–Trinajstić information content (AvgIpc) is 2.52. The van der Waals surface area contributed by atoms with Crippen molar-refractivity contribution in [3.05, 3.63) is 33.4 Å². The van der Waals surface area contributed by atoms with Gasteiger partial charge in [-0.2, -0.15) is 0 Å². The van der Waals surface area contributed by atoms with Gasteiger partial charge in [0.25, 0.3) is 17.5 Å². The van der Waals surface area contributed by atoms with Crippen LogP contribution in [-0.4, -0.2) is 41.3 Å². The number of ether oxygens (including phenoxy) is 1. The van der Waals surface area contributed by atoms with E-state index in [9.17, 15) is 29.6 Å². The number of imide groups is 2. The molecule has 0 radical (unpaired) electrons. The van der Waals surface area contributed by atoms with E-state index in [0.717, 1.165) is 12.1 Å². The largest absolute Gasteiger partial charge is 0.865 e. The first-order valence-electron chi connectivity index (χ1n) is 6.73. The van der Waals surface area contributed by atoms with E-state index in [4.69, 9.17) is 4.74 Å². The number of nitrogens with zero attached hydrogens (tertiary/aromatic N) is 2. The molecular weight excluding hydrogens is 322 g/mol. The van der Waals surface area contributed by atoms with Crippen LogP contribution in [0.5, 0.6) is 11.5 Å². The standard InChI is InChI=1S/C14H13N3O7/c1-3-24-10-6-7(5-9(11(10)18)17(22)23)4-8-12(19)15-14(21)16(2)13(8)20/h4-6,18H,3H2,1-2H3,(H,15,19,21)/p-1/b8-4-. The van der Waals surface area contributed by atoms with E-state index in [1.165, 1.54) is 13.1 Å². The van der Waals surface area contributed by atoms with Gasteiger partial charge < -0.3 is 9.84 Å². The van der Waals surface area contributed by atoms with Crippen LogP contribution in [0.2, 0.25) is 0 Å².